The van der Waals surface area contributed by atoms with Gasteiger partial charge in [-0.3, -0.25) is 9.59 Å². The number of anilines is 1. The summed E-state index contributed by atoms with van der Waals surface area (Å²) in [6.45, 7) is 0. The molecule has 2 N–H and O–H groups in total. The van der Waals surface area contributed by atoms with Gasteiger partial charge in [0.05, 0.1) is 4.47 Å². The molecule has 0 heterocycles. The quantitative estimate of drug-likeness (QED) is 0.792. The Bertz CT molecular complexity index is 451. The Morgan fingerprint density at radius 3 is 2.56 bits per heavy atom. The lowest BCUT2D eigenvalue weighted by Crippen LogP contribution is -2.11. The van der Waals surface area contributed by atoms with Gasteiger partial charge in [-0.2, -0.15) is 0 Å². The van der Waals surface area contributed by atoms with Gasteiger partial charge in [-0.1, -0.05) is 0 Å². The molecule has 0 radical (unpaired) electrons. The van der Waals surface area contributed by atoms with Crippen molar-refractivity contribution < 1.29 is 19.1 Å². The van der Waals surface area contributed by atoms with Crippen LogP contribution in [0.5, 0.6) is 0 Å². The van der Waals surface area contributed by atoms with Crippen LogP contribution in [-0.2, 0) is 9.59 Å². The molecule has 0 bridgehead atoms. The van der Waals surface area contributed by atoms with Crippen molar-refractivity contribution in [3.05, 3.63) is 28.5 Å². The average Bonchev–Trinajstić information content (AvgIpc) is 2.29. The van der Waals surface area contributed by atoms with E-state index in [0.717, 1.165) is 0 Å². The van der Waals surface area contributed by atoms with E-state index in [0.29, 0.717) is 23.0 Å². The molecule has 18 heavy (non-hydrogen) atoms. The molecule has 0 saturated carbocycles. The van der Waals surface area contributed by atoms with Gasteiger partial charge in [0.1, 0.15) is 5.82 Å². The molecule has 0 aliphatic heterocycles. The number of halogens is 2. The smallest absolute Gasteiger partial charge is 0.303 e. The van der Waals surface area contributed by atoms with E-state index in [-0.39, 0.29) is 18.7 Å². The van der Waals surface area contributed by atoms with Crippen molar-refractivity contribution in [1.82, 2.24) is 0 Å². The van der Waals surface area contributed by atoms with Gasteiger partial charge in [0.2, 0.25) is 5.91 Å². The van der Waals surface area contributed by atoms with Crippen molar-refractivity contribution in [3.63, 3.8) is 0 Å². The lowest BCUT2D eigenvalue weighted by atomic mass is 10.2. The van der Waals surface area contributed by atoms with E-state index < -0.39 is 11.8 Å². The van der Waals surface area contributed by atoms with Gasteiger partial charge in [0.15, 0.2) is 0 Å². The second kappa shape index (κ2) is 7.10. The first kappa shape index (κ1) is 14.6. The summed E-state index contributed by atoms with van der Waals surface area (Å²) in [5, 5.41) is 11.0. The summed E-state index contributed by atoms with van der Waals surface area (Å²) < 4.78 is 13.5. The normalized spacial score (nSPS) is 10.1. The van der Waals surface area contributed by atoms with Crippen LogP contribution in [0.1, 0.15) is 25.7 Å². The summed E-state index contributed by atoms with van der Waals surface area (Å²) >= 11 is 3.02. The molecule has 4 nitrogen and oxygen atoms in total. The first-order valence-electron chi connectivity index (χ1n) is 5.45. The second-order valence-corrected chi connectivity index (χ2v) is 4.63. The highest BCUT2D eigenvalue weighted by molar-refractivity contribution is 9.10. The van der Waals surface area contributed by atoms with Crippen molar-refractivity contribution in [2.24, 2.45) is 0 Å². The number of carboxylic acids is 1. The summed E-state index contributed by atoms with van der Waals surface area (Å²) in [5.41, 5.74) is 0.388. The highest BCUT2D eigenvalue weighted by Gasteiger charge is 2.05. The number of benzene rings is 1. The number of carbonyl (C=O) groups excluding carboxylic acids is 1. The van der Waals surface area contributed by atoms with Gasteiger partial charge in [-0.05, 0) is 47.0 Å². The average molecular weight is 318 g/mol. The van der Waals surface area contributed by atoms with Crippen LogP contribution in [0, 0.1) is 5.82 Å². The summed E-state index contributed by atoms with van der Waals surface area (Å²) in [7, 11) is 0. The predicted molar refractivity (Wildman–Crippen MR) is 68.8 cm³/mol. The fraction of sp³-hybridized carbons (Fsp3) is 0.333. The Labute approximate surface area is 112 Å². The lowest BCUT2D eigenvalue weighted by Gasteiger charge is -2.05. The first-order chi connectivity index (χ1) is 8.49. The van der Waals surface area contributed by atoms with Crippen LogP contribution in [-0.4, -0.2) is 17.0 Å². The zero-order valence-corrected chi connectivity index (χ0v) is 11.2. The van der Waals surface area contributed by atoms with Gasteiger partial charge in [0.25, 0.3) is 0 Å². The molecule has 0 atom stereocenters. The molecule has 0 spiro atoms. The molecular formula is C12H13BrFNO3. The fourth-order valence-electron chi connectivity index (χ4n) is 1.36. The molecule has 0 saturated heterocycles. The molecule has 1 amide bonds. The monoisotopic (exact) mass is 317 g/mol. The number of aliphatic carboxylic acids is 1. The maximum atomic E-state index is 13.2. The number of rotatable bonds is 6. The largest absolute Gasteiger partial charge is 0.481 e. The molecule has 1 rings (SSSR count). The molecule has 0 aliphatic rings. The van der Waals surface area contributed by atoms with Gasteiger partial charge in [-0.25, -0.2) is 4.39 Å². The predicted octanol–water partition coefficient (Wildman–Crippen LogP) is 3.17. The minimum absolute atomic E-state index is 0.0557. The molecule has 1 aromatic rings. The SMILES string of the molecule is O=C(O)CCCCC(=O)Nc1ccc(Br)c(F)c1. The van der Waals surface area contributed by atoms with Crippen LogP contribution >= 0.6 is 15.9 Å². The Hall–Kier alpha value is -1.43. The number of carbonyl (C=O) groups is 2. The van der Waals surface area contributed by atoms with Crippen LogP contribution in [0.4, 0.5) is 10.1 Å². The molecule has 0 fully saturated rings. The summed E-state index contributed by atoms with van der Waals surface area (Å²) in [6.07, 6.45) is 1.24. The standard InChI is InChI=1S/C12H13BrFNO3/c13-9-6-5-8(7-10(9)14)15-11(16)3-1-2-4-12(17)18/h5-7H,1-4H2,(H,15,16)(H,17,18). The number of carboxylic acid groups (broad SMARTS) is 1. The number of hydrogen-bond acceptors (Lipinski definition) is 2. The van der Waals surface area contributed by atoms with Crippen LogP contribution < -0.4 is 5.32 Å². The van der Waals surface area contributed by atoms with Crippen LogP contribution in [0.15, 0.2) is 22.7 Å². The number of unbranched alkanes of at least 4 members (excludes halogenated alkanes) is 1. The van der Waals surface area contributed by atoms with Gasteiger partial charge in [-0.15, -0.1) is 0 Å². The van der Waals surface area contributed by atoms with E-state index in [9.17, 15) is 14.0 Å². The lowest BCUT2D eigenvalue weighted by molar-refractivity contribution is -0.137. The van der Waals surface area contributed by atoms with Gasteiger partial charge < -0.3 is 10.4 Å². The highest BCUT2D eigenvalue weighted by Crippen LogP contribution is 2.19. The molecular weight excluding hydrogens is 305 g/mol. The summed E-state index contributed by atoms with van der Waals surface area (Å²) in [4.78, 5) is 21.7. The third kappa shape index (κ3) is 5.27. The maximum absolute atomic E-state index is 13.2. The highest BCUT2D eigenvalue weighted by atomic mass is 79.9. The van der Waals surface area contributed by atoms with Gasteiger partial charge in [0, 0.05) is 18.5 Å². The van der Waals surface area contributed by atoms with Crippen LogP contribution in [0.25, 0.3) is 0 Å². The van der Waals surface area contributed by atoms with E-state index in [2.05, 4.69) is 21.2 Å². The molecule has 0 aliphatic carbocycles. The zero-order valence-electron chi connectivity index (χ0n) is 9.58. The first-order valence-corrected chi connectivity index (χ1v) is 6.25. The number of nitrogens with one attached hydrogen (secondary N) is 1. The third-order valence-electron chi connectivity index (χ3n) is 2.25. The topological polar surface area (TPSA) is 66.4 Å². The molecule has 0 aromatic heterocycles. The Morgan fingerprint density at radius 2 is 1.94 bits per heavy atom. The van der Waals surface area contributed by atoms with E-state index in [1.165, 1.54) is 12.1 Å². The fourth-order valence-corrected chi connectivity index (χ4v) is 1.61. The van der Waals surface area contributed by atoms with Crippen LogP contribution in [0.2, 0.25) is 0 Å². The van der Waals surface area contributed by atoms with Crippen molar-refractivity contribution in [2.75, 3.05) is 5.32 Å². The molecule has 98 valence electrons. The maximum Gasteiger partial charge on any atom is 0.303 e. The van der Waals surface area contributed by atoms with Crippen molar-refractivity contribution in [2.45, 2.75) is 25.7 Å². The van der Waals surface area contributed by atoms with E-state index >= 15 is 0 Å². The molecule has 0 unspecified atom stereocenters. The van der Waals surface area contributed by atoms with E-state index in [1.807, 2.05) is 0 Å². The Morgan fingerprint density at radius 1 is 1.28 bits per heavy atom. The molecule has 1 aromatic carbocycles. The minimum Gasteiger partial charge on any atom is -0.481 e. The number of amides is 1. The minimum atomic E-state index is -0.870. The molecule has 6 heteroatoms. The Kier molecular flexibility index (Phi) is 5.77. The zero-order chi connectivity index (χ0) is 13.5. The summed E-state index contributed by atoms with van der Waals surface area (Å²) in [6, 6.07) is 4.32. The number of hydrogen-bond donors (Lipinski definition) is 2. The van der Waals surface area contributed by atoms with E-state index in [4.69, 9.17) is 5.11 Å². The third-order valence-corrected chi connectivity index (χ3v) is 2.89. The van der Waals surface area contributed by atoms with Gasteiger partial charge >= 0.3 is 5.97 Å². The van der Waals surface area contributed by atoms with Crippen LogP contribution in [0.3, 0.4) is 0 Å². The van der Waals surface area contributed by atoms with Crippen molar-refractivity contribution in [3.8, 4) is 0 Å². The Balaban J connectivity index is 2.35. The summed E-state index contributed by atoms with van der Waals surface area (Å²) in [5.74, 6) is -1.56. The van der Waals surface area contributed by atoms with E-state index in [1.54, 1.807) is 6.07 Å². The van der Waals surface area contributed by atoms with Crippen molar-refractivity contribution >= 4 is 33.5 Å². The second-order valence-electron chi connectivity index (χ2n) is 3.78. The van der Waals surface area contributed by atoms with Crippen molar-refractivity contribution in [1.29, 1.82) is 0 Å².